The van der Waals surface area contributed by atoms with Gasteiger partial charge >= 0.3 is 0 Å². The number of hydrogen-bond donors (Lipinski definition) is 7. The van der Waals surface area contributed by atoms with Crippen molar-refractivity contribution < 1.29 is 29.4 Å². The van der Waals surface area contributed by atoms with E-state index in [2.05, 4.69) is 20.6 Å². The number of nitrogens with zero attached hydrogens (tertiary/aromatic N) is 3. The van der Waals surface area contributed by atoms with E-state index in [1.54, 1.807) is 34.1 Å². The second-order valence-electron chi connectivity index (χ2n) is 18.5. The number of aromatic amines is 1. The summed E-state index contributed by atoms with van der Waals surface area (Å²) in [7, 11) is 0. The first kappa shape index (κ1) is 54.7. The Labute approximate surface area is 421 Å². The van der Waals surface area contributed by atoms with E-state index < -0.39 is 24.2 Å². The van der Waals surface area contributed by atoms with Gasteiger partial charge in [0.25, 0.3) is 5.56 Å². The van der Waals surface area contributed by atoms with Crippen molar-refractivity contribution in [2.24, 2.45) is 11.5 Å². The number of phenolic OH excluding ortho intramolecular Hbond substituents is 2. The predicted molar refractivity (Wildman–Crippen MR) is 274 cm³/mol. The minimum atomic E-state index is -0.896. The summed E-state index contributed by atoms with van der Waals surface area (Å²) in [5.74, 6) is -0.931. The van der Waals surface area contributed by atoms with Crippen LogP contribution < -0.4 is 27.7 Å². The molecule has 1 aromatic heterocycles. The van der Waals surface area contributed by atoms with Gasteiger partial charge in [-0.2, -0.15) is 0 Å². The normalized spacial score (nSPS) is 15.9. The van der Waals surface area contributed by atoms with Crippen molar-refractivity contribution in [3.8, 4) is 11.5 Å². The molecule has 0 fully saturated rings. The van der Waals surface area contributed by atoms with E-state index in [4.69, 9.17) is 11.5 Å². The zero-order chi connectivity index (χ0) is 48.8. The molecular weight excluding hydrogens is 932 g/mol. The molecule has 3 heterocycles. The van der Waals surface area contributed by atoms with Gasteiger partial charge in [-0.3, -0.25) is 29.0 Å². The highest BCUT2D eigenvalue weighted by Crippen LogP contribution is 2.28. The molecule has 0 unspecified atom stereocenters. The number of nitrogens with one attached hydrogen (secondary N) is 3. The number of benzene rings is 4. The number of phenols is 2. The monoisotopic (exact) mass is 996 g/mol. The van der Waals surface area contributed by atoms with Gasteiger partial charge in [0.2, 0.25) is 23.6 Å². The smallest absolute Gasteiger partial charge is 0.269 e. The molecule has 0 radical (unpaired) electrons. The van der Waals surface area contributed by atoms with E-state index in [0.717, 1.165) is 55.6 Å². The quantitative estimate of drug-likeness (QED) is 0.0673. The largest absolute Gasteiger partial charge is 0.508 e. The lowest BCUT2D eigenvalue weighted by molar-refractivity contribution is -0.142. The second-order valence-corrected chi connectivity index (χ2v) is 18.5. The molecular formula is C53H66Cl2N8O7. The number of rotatable bonds is 16. The second kappa shape index (κ2) is 24.0. The van der Waals surface area contributed by atoms with Crippen LogP contribution in [0.1, 0.15) is 85.6 Å². The first-order chi connectivity index (χ1) is 32.5. The fraction of sp³-hybridized carbons (Fsp3) is 0.396. The van der Waals surface area contributed by atoms with Crippen molar-refractivity contribution in [3.05, 3.63) is 156 Å². The van der Waals surface area contributed by atoms with E-state index in [1.165, 1.54) is 0 Å². The number of aromatic nitrogens is 2. The molecule has 5 aromatic rings. The molecule has 17 heteroatoms. The number of hydrogen-bond acceptors (Lipinski definition) is 10. The van der Waals surface area contributed by atoms with E-state index in [9.17, 15) is 34.2 Å². The Morgan fingerprint density at radius 1 is 0.657 bits per heavy atom. The number of H-pyrrole nitrogens is 1. The maximum atomic E-state index is 14.0. The zero-order valence-corrected chi connectivity index (χ0v) is 42.1. The van der Waals surface area contributed by atoms with Crippen LogP contribution in [0, 0.1) is 34.6 Å². The molecule has 15 nitrogen and oxygen atoms in total. The fourth-order valence-electron chi connectivity index (χ4n) is 9.82. The van der Waals surface area contributed by atoms with Gasteiger partial charge in [-0.15, -0.1) is 24.8 Å². The van der Waals surface area contributed by atoms with Crippen LogP contribution in [-0.4, -0.2) is 90.9 Å². The van der Waals surface area contributed by atoms with Crippen LogP contribution in [0.4, 0.5) is 0 Å². The Balaban J connectivity index is 0.00000456. The molecule has 9 N–H and O–H groups in total. The number of fused-ring (bicyclic) bond motifs is 2. The van der Waals surface area contributed by atoms with Gasteiger partial charge in [-0.1, -0.05) is 48.5 Å². The van der Waals surface area contributed by atoms with Crippen LogP contribution in [-0.2, 0) is 70.8 Å². The summed E-state index contributed by atoms with van der Waals surface area (Å²) < 4.78 is 0. The van der Waals surface area contributed by atoms with Gasteiger partial charge in [0.15, 0.2) is 0 Å². The van der Waals surface area contributed by atoms with E-state index in [-0.39, 0.29) is 98.0 Å². The van der Waals surface area contributed by atoms with Gasteiger partial charge in [0.05, 0.1) is 17.8 Å². The minimum absolute atomic E-state index is 0. The van der Waals surface area contributed by atoms with Crippen molar-refractivity contribution in [2.75, 3.05) is 13.1 Å². The van der Waals surface area contributed by atoms with Crippen LogP contribution in [0.5, 0.6) is 11.5 Å². The van der Waals surface area contributed by atoms with Crippen LogP contribution in [0.3, 0.4) is 0 Å². The topological polar surface area (TPSA) is 237 Å². The number of halogens is 2. The fourth-order valence-corrected chi connectivity index (χ4v) is 9.82. The lowest BCUT2D eigenvalue weighted by atomic mass is 9.91. The lowest BCUT2D eigenvalue weighted by Crippen LogP contribution is -2.56. The van der Waals surface area contributed by atoms with Crippen molar-refractivity contribution in [3.63, 3.8) is 0 Å². The molecule has 374 valence electrons. The Morgan fingerprint density at radius 2 is 1.04 bits per heavy atom. The summed E-state index contributed by atoms with van der Waals surface area (Å²) in [6, 6.07) is 18.8. The molecule has 0 saturated heterocycles. The van der Waals surface area contributed by atoms with Crippen molar-refractivity contribution >= 4 is 48.4 Å². The average molecular weight is 998 g/mol. The molecule has 0 aliphatic carbocycles. The molecule has 0 saturated carbocycles. The number of aromatic hydroxyl groups is 2. The third-order valence-corrected chi connectivity index (χ3v) is 13.6. The molecule has 4 atom stereocenters. The molecule has 0 bridgehead atoms. The molecule has 7 rings (SSSR count). The van der Waals surface area contributed by atoms with Crippen molar-refractivity contribution in [2.45, 2.75) is 123 Å². The Hall–Kier alpha value is -6.26. The van der Waals surface area contributed by atoms with Gasteiger partial charge in [-0.25, -0.2) is 0 Å². The van der Waals surface area contributed by atoms with Gasteiger partial charge in [0, 0.05) is 44.7 Å². The molecule has 4 aromatic carbocycles. The molecule has 4 amide bonds. The number of carbonyl (C=O) groups is 4. The third kappa shape index (κ3) is 12.7. The summed E-state index contributed by atoms with van der Waals surface area (Å²) >= 11 is 0. The first-order valence-electron chi connectivity index (χ1n) is 23.5. The van der Waals surface area contributed by atoms with E-state index in [0.29, 0.717) is 62.2 Å². The average Bonchev–Trinajstić information content (AvgIpc) is 3.31. The van der Waals surface area contributed by atoms with Gasteiger partial charge in [0.1, 0.15) is 29.3 Å². The predicted octanol–water partition coefficient (Wildman–Crippen LogP) is 4.71. The molecule has 0 spiro atoms. The van der Waals surface area contributed by atoms with E-state index in [1.807, 2.05) is 83.1 Å². The zero-order valence-electron chi connectivity index (χ0n) is 40.5. The summed E-state index contributed by atoms with van der Waals surface area (Å²) in [6.07, 6.45) is 2.94. The maximum Gasteiger partial charge on any atom is 0.269 e. The standard InChI is InChI=1S/C53H64N8O7.2ClH/c1-30-20-39(62)21-31(2)41(30)26-43(54)52(67)60-28-37-14-8-6-12-35(37)24-47(60)50(65)56-18-10-16-45-34(5)58-46(49(64)59-45)17-11-19-57-51(66)48-25-36-13-7-9-15-38(36)29-61(48)53(68)44(55)27-42-32(3)22-40(63)23-33(42)4;;/h6-9,12-15,20-23,43-44,47-48,62-63H,10-11,16-19,24-29,54-55H2,1-5H3,(H,56,65)(H,57,66)(H,59,64);2*1H/t43-,44-,47-,48-;;/m0../s1. The molecule has 2 aliphatic heterocycles. The van der Waals surface area contributed by atoms with Crippen LogP contribution in [0.15, 0.2) is 77.6 Å². The van der Waals surface area contributed by atoms with Crippen LogP contribution in [0.2, 0.25) is 0 Å². The van der Waals surface area contributed by atoms with Crippen molar-refractivity contribution in [1.29, 1.82) is 0 Å². The minimum Gasteiger partial charge on any atom is -0.508 e. The summed E-state index contributed by atoms with van der Waals surface area (Å²) in [6.45, 7) is 10.4. The number of nitrogens with two attached hydrogens (primary N) is 2. The number of amides is 4. The Bertz CT molecular complexity index is 2740. The Kier molecular flexibility index (Phi) is 18.8. The number of carbonyl (C=O) groups excluding carboxylic acids is 4. The summed E-state index contributed by atoms with van der Waals surface area (Å²) in [5, 5.41) is 26.0. The van der Waals surface area contributed by atoms with Crippen LogP contribution >= 0.6 is 24.8 Å². The first-order valence-corrected chi connectivity index (χ1v) is 23.5. The highest BCUT2D eigenvalue weighted by Gasteiger charge is 2.38. The highest BCUT2D eigenvalue weighted by atomic mass is 35.5. The highest BCUT2D eigenvalue weighted by molar-refractivity contribution is 5.91. The van der Waals surface area contributed by atoms with Gasteiger partial charge in [-0.05, 0) is 153 Å². The third-order valence-electron chi connectivity index (χ3n) is 13.6. The summed E-state index contributed by atoms with van der Waals surface area (Å²) in [4.78, 5) is 79.5. The molecule has 2 aliphatic rings. The SMILES string of the molecule is Cc1cc(O)cc(C)c1C[C@H](N)C(=O)N1Cc2ccccc2C[C@H]1C(=O)NCCCc1[nH]c(=O)c(CCCNC(=O)[C@@H]2Cc3ccccc3CN2C(=O)[C@@H](N)Cc2c(C)cc(O)cc2C)nc1C.Cl.Cl. The summed E-state index contributed by atoms with van der Waals surface area (Å²) in [5.41, 5.74) is 23.5. The Morgan fingerprint density at radius 3 is 1.46 bits per heavy atom. The molecule has 70 heavy (non-hydrogen) atoms. The van der Waals surface area contributed by atoms with E-state index >= 15 is 0 Å². The number of aryl methyl sites for hydroxylation is 7. The van der Waals surface area contributed by atoms with Gasteiger partial charge < -0.3 is 47.1 Å². The maximum absolute atomic E-state index is 14.0. The van der Waals surface area contributed by atoms with Crippen LogP contribution in [0.25, 0.3) is 0 Å². The van der Waals surface area contributed by atoms with Crippen molar-refractivity contribution in [1.82, 2.24) is 30.4 Å². The lowest BCUT2D eigenvalue weighted by Gasteiger charge is -2.37.